The van der Waals surface area contributed by atoms with Crippen molar-refractivity contribution in [3.63, 3.8) is 0 Å². The van der Waals surface area contributed by atoms with Crippen molar-refractivity contribution in [3.05, 3.63) is 11.6 Å². The standard InChI is InChI=1S/C15H26O/c1-11-7-9-14(3,4)13-6-5-12(2)15(13,16)10-8-11/h7,12-13,16H,5-6,8-10H2,1-4H3. The molecule has 0 aromatic heterocycles. The molecule has 16 heavy (non-hydrogen) atoms. The number of aliphatic hydroxyl groups is 1. The van der Waals surface area contributed by atoms with Crippen LogP contribution in [0.15, 0.2) is 11.6 Å². The van der Waals surface area contributed by atoms with Crippen LogP contribution < -0.4 is 0 Å². The Morgan fingerprint density at radius 1 is 1.31 bits per heavy atom. The molecule has 2 aliphatic rings. The van der Waals surface area contributed by atoms with Gasteiger partial charge in [0, 0.05) is 0 Å². The molecule has 0 heterocycles. The highest BCUT2D eigenvalue weighted by Gasteiger charge is 2.52. The van der Waals surface area contributed by atoms with E-state index in [-0.39, 0.29) is 5.41 Å². The molecule has 0 bridgehead atoms. The summed E-state index contributed by atoms with van der Waals surface area (Å²) >= 11 is 0. The van der Waals surface area contributed by atoms with E-state index in [1.165, 1.54) is 18.4 Å². The number of rotatable bonds is 0. The van der Waals surface area contributed by atoms with E-state index in [1.807, 2.05) is 0 Å². The van der Waals surface area contributed by atoms with Crippen molar-refractivity contribution in [2.45, 2.75) is 65.4 Å². The molecular formula is C15H26O. The summed E-state index contributed by atoms with van der Waals surface area (Å²) in [5, 5.41) is 11.0. The second kappa shape index (κ2) is 3.87. The van der Waals surface area contributed by atoms with E-state index in [2.05, 4.69) is 33.8 Å². The normalized spacial score (nSPS) is 43.2. The highest BCUT2D eigenvalue weighted by atomic mass is 16.3. The van der Waals surface area contributed by atoms with Crippen LogP contribution in [0.4, 0.5) is 0 Å². The topological polar surface area (TPSA) is 20.2 Å². The number of hydrogen-bond donors (Lipinski definition) is 1. The summed E-state index contributed by atoms with van der Waals surface area (Å²) < 4.78 is 0. The molecule has 1 nitrogen and oxygen atoms in total. The van der Waals surface area contributed by atoms with Gasteiger partial charge in [-0.25, -0.2) is 0 Å². The molecule has 3 unspecified atom stereocenters. The van der Waals surface area contributed by atoms with E-state index in [0.717, 1.165) is 19.3 Å². The van der Waals surface area contributed by atoms with Gasteiger partial charge in [-0.1, -0.05) is 32.4 Å². The molecule has 1 heteroatoms. The van der Waals surface area contributed by atoms with Gasteiger partial charge >= 0.3 is 0 Å². The van der Waals surface area contributed by atoms with Gasteiger partial charge < -0.3 is 5.11 Å². The molecule has 0 spiro atoms. The van der Waals surface area contributed by atoms with Gasteiger partial charge in [0.1, 0.15) is 0 Å². The minimum atomic E-state index is -0.404. The molecule has 2 rings (SSSR count). The van der Waals surface area contributed by atoms with Crippen molar-refractivity contribution in [2.75, 3.05) is 0 Å². The Bertz CT molecular complexity index is 303. The van der Waals surface area contributed by atoms with E-state index in [0.29, 0.717) is 11.8 Å². The maximum Gasteiger partial charge on any atom is 0.0709 e. The lowest BCUT2D eigenvalue weighted by Crippen LogP contribution is -2.45. The third-order valence-corrected chi connectivity index (χ3v) is 5.18. The minimum Gasteiger partial charge on any atom is -0.389 e. The fourth-order valence-electron chi connectivity index (χ4n) is 3.83. The van der Waals surface area contributed by atoms with Crippen molar-refractivity contribution >= 4 is 0 Å². The lowest BCUT2D eigenvalue weighted by molar-refractivity contribution is -0.0779. The van der Waals surface area contributed by atoms with Crippen LogP contribution in [0.25, 0.3) is 0 Å². The maximum absolute atomic E-state index is 11.0. The van der Waals surface area contributed by atoms with Crippen LogP contribution in [-0.4, -0.2) is 10.7 Å². The average molecular weight is 222 g/mol. The van der Waals surface area contributed by atoms with Crippen molar-refractivity contribution in [1.82, 2.24) is 0 Å². The smallest absolute Gasteiger partial charge is 0.0709 e. The lowest BCUT2D eigenvalue weighted by Gasteiger charge is -2.44. The number of fused-ring (bicyclic) bond motifs is 1. The molecule has 0 aliphatic heterocycles. The van der Waals surface area contributed by atoms with E-state index in [1.54, 1.807) is 0 Å². The predicted molar refractivity (Wildman–Crippen MR) is 68.2 cm³/mol. The molecule has 3 atom stereocenters. The van der Waals surface area contributed by atoms with Crippen LogP contribution in [0.2, 0.25) is 0 Å². The monoisotopic (exact) mass is 222 g/mol. The van der Waals surface area contributed by atoms with Crippen LogP contribution in [-0.2, 0) is 0 Å². The Labute approximate surface area is 99.9 Å². The quantitative estimate of drug-likeness (QED) is 0.616. The van der Waals surface area contributed by atoms with Gasteiger partial charge in [0.2, 0.25) is 0 Å². The number of hydrogen-bond acceptors (Lipinski definition) is 1. The second-order valence-electron chi connectivity index (χ2n) is 6.77. The molecule has 1 N–H and O–H groups in total. The van der Waals surface area contributed by atoms with Crippen LogP contribution >= 0.6 is 0 Å². The molecule has 0 radical (unpaired) electrons. The van der Waals surface area contributed by atoms with Gasteiger partial charge in [-0.05, 0) is 56.3 Å². The zero-order chi connectivity index (χ0) is 12.0. The Morgan fingerprint density at radius 2 is 2.00 bits per heavy atom. The first-order chi connectivity index (χ1) is 7.36. The highest BCUT2D eigenvalue weighted by Crippen LogP contribution is 2.53. The van der Waals surface area contributed by atoms with Gasteiger partial charge in [0.05, 0.1) is 5.60 Å². The third-order valence-electron chi connectivity index (χ3n) is 5.18. The summed E-state index contributed by atoms with van der Waals surface area (Å²) in [4.78, 5) is 0. The molecule has 1 fully saturated rings. The van der Waals surface area contributed by atoms with Gasteiger partial charge in [-0.3, -0.25) is 0 Å². The summed E-state index contributed by atoms with van der Waals surface area (Å²) in [6, 6.07) is 0. The zero-order valence-electron chi connectivity index (χ0n) is 11.2. The summed E-state index contributed by atoms with van der Waals surface area (Å²) in [5.74, 6) is 0.960. The first-order valence-electron chi connectivity index (χ1n) is 6.74. The Balaban J connectivity index is 2.34. The van der Waals surface area contributed by atoms with E-state index >= 15 is 0 Å². The van der Waals surface area contributed by atoms with E-state index < -0.39 is 5.60 Å². The molecule has 0 saturated heterocycles. The Morgan fingerprint density at radius 3 is 2.69 bits per heavy atom. The van der Waals surface area contributed by atoms with Crippen LogP contribution in [0.1, 0.15) is 59.8 Å². The molecule has 92 valence electrons. The van der Waals surface area contributed by atoms with Crippen molar-refractivity contribution < 1.29 is 5.11 Å². The average Bonchev–Trinajstić information content (AvgIpc) is 2.50. The van der Waals surface area contributed by atoms with E-state index in [4.69, 9.17) is 0 Å². The Kier molecular flexibility index (Phi) is 2.94. The molecule has 1 saturated carbocycles. The van der Waals surface area contributed by atoms with Gasteiger partial charge in [-0.15, -0.1) is 0 Å². The molecule has 2 aliphatic carbocycles. The summed E-state index contributed by atoms with van der Waals surface area (Å²) in [5.41, 5.74) is 1.30. The van der Waals surface area contributed by atoms with Crippen molar-refractivity contribution in [3.8, 4) is 0 Å². The SMILES string of the molecule is CC1=CCC(C)(C)C2CCC(C)C2(O)CC1. The van der Waals surface area contributed by atoms with Crippen LogP contribution in [0, 0.1) is 17.3 Å². The van der Waals surface area contributed by atoms with E-state index in [9.17, 15) is 5.11 Å². The largest absolute Gasteiger partial charge is 0.389 e. The minimum absolute atomic E-state index is 0.251. The van der Waals surface area contributed by atoms with Crippen molar-refractivity contribution in [2.24, 2.45) is 17.3 Å². The first-order valence-corrected chi connectivity index (χ1v) is 6.74. The zero-order valence-corrected chi connectivity index (χ0v) is 11.2. The lowest BCUT2D eigenvalue weighted by atomic mass is 9.65. The predicted octanol–water partition coefficient (Wildman–Crippen LogP) is 3.92. The van der Waals surface area contributed by atoms with Crippen LogP contribution in [0.3, 0.4) is 0 Å². The highest BCUT2D eigenvalue weighted by molar-refractivity contribution is 5.11. The van der Waals surface area contributed by atoms with Gasteiger partial charge in [0.15, 0.2) is 0 Å². The second-order valence-corrected chi connectivity index (χ2v) is 6.77. The summed E-state index contributed by atoms with van der Waals surface area (Å²) in [7, 11) is 0. The van der Waals surface area contributed by atoms with Gasteiger partial charge in [-0.2, -0.15) is 0 Å². The van der Waals surface area contributed by atoms with Crippen LogP contribution in [0.5, 0.6) is 0 Å². The fourth-order valence-corrected chi connectivity index (χ4v) is 3.83. The molecule has 0 aromatic carbocycles. The number of allylic oxidation sites excluding steroid dienone is 2. The summed E-state index contributed by atoms with van der Waals surface area (Å²) in [6.07, 6.45) is 7.96. The fraction of sp³-hybridized carbons (Fsp3) is 0.867. The molecule has 0 aromatic rings. The Hall–Kier alpha value is -0.300. The third kappa shape index (κ3) is 1.84. The molecular weight excluding hydrogens is 196 g/mol. The van der Waals surface area contributed by atoms with Crippen molar-refractivity contribution in [1.29, 1.82) is 0 Å². The summed E-state index contributed by atoms with van der Waals surface area (Å²) in [6.45, 7) is 9.10. The first kappa shape index (κ1) is 12.2. The maximum atomic E-state index is 11.0. The van der Waals surface area contributed by atoms with Gasteiger partial charge in [0.25, 0.3) is 0 Å². The molecule has 0 amide bonds.